The number of nitrogens with two attached hydrogens (primary N) is 1. The van der Waals surface area contributed by atoms with Gasteiger partial charge in [0.15, 0.2) is 0 Å². The quantitative estimate of drug-likeness (QED) is 0.316. The molecule has 60 valence electrons. The predicted octanol–water partition coefficient (Wildman–Crippen LogP) is 0.658. The molecule has 3 nitrogen and oxygen atoms in total. The first kappa shape index (κ1) is 16.3. The van der Waals surface area contributed by atoms with Gasteiger partial charge in [0.25, 0.3) is 0 Å². The maximum atomic E-state index is 8.83. The Hall–Kier alpha value is 0.624. The molecule has 0 aliphatic carbocycles. The molecule has 0 aromatic rings. The summed E-state index contributed by atoms with van der Waals surface area (Å²) in [6.07, 6.45) is 4.12. The molecule has 0 fully saturated rings. The second kappa shape index (κ2) is 23.4. The summed E-state index contributed by atoms with van der Waals surface area (Å²) >= 11 is 0. The Balaban J connectivity index is -0.0000000720. The van der Waals surface area contributed by atoms with E-state index in [0.717, 1.165) is 0 Å². The minimum Gasteiger partial charge on any atom is -0.376 e. The molecule has 0 unspecified atom stereocenters. The zero-order chi connectivity index (χ0) is 6.83. The molecule has 0 aromatic carbocycles. The normalized spacial score (nSPS) is 5.67. The third-order valence-corrected chi connectivity index (χ3v) is 1.56. The van der Waals surface area contributed by atoms with Gasteiger partial charge in [0.05, 0.1) is 0 Å². The molecule has 0 saturated heterocycles. The summed E-state index contributed by atoms with van der Waals surface area (Å²) in [7, 11) is 3.55. The molecule has 0 radical (unpaired) electrons. The van der Waals surface area contributed by atoms with Crippen molar-refractivity contribution in [3.63, 3.8) is 0 Å². The van der Waals surface area contributed by atoms with Crippen LogP contribution < -0.4 is 5.90 Å². The van der Waals surface area contributed by atoms with Crippen molar-refractivity contribution in [3.8, 4) is 0 Å². The number of carbonyl (C=O) groups is 1. The van der Waals surface area contributed by atoms with E-state index in [1.165, 1.54) is 0 Å². The molecule has 0 heterocycles. The fourth-order valence-corrected chi connectivity index (χ4v) is 0. The molecule has 0 atom stereocenters. The topological polar surface area (TPSA) is 52.3 Å². The van der Waals surface area contributed by atoms with Gasteiger partial charge in [-0.1, -0.05) is 21.6 Å². The minimum absolute atomic E-state index is 0. The summed E-state index contributed by atoms with van der Waals surface area (Å²) < 4.78 is 0. The summed E-state index contributed by atoms with van der Waals surface area (Å²) in [6, 6.07) is 0. The largest absolute Gasteiger partial charge is 0.376 e. The summed E-state index contributed by atoms with van der Waals surface area (Å²) in [5, 5.41) is 0. The van der Waals surface area contributed by atoms with Crippen LogP contribution >= 0.6 is 21.6 Å². The van der Waals surface area contributed by atoms with Gasteiger partial charge in [0.2, 0.25) is 0 Å². The van der Waals surface area contributed by atoms with Crippen LogP contribution in [0.5, 0.6) is 0 Å². The first-order chi connectivity index (χ1) is 3.83. The fourth-order valence-electron chi connectivity index (χ4n) is 0. The van der Waals surface area contributed by atoms with Gasteiger partial charge in [-0.2, -0.15) is 5.90 Å². The third kappa shape index (κ3) is 55.0. The maximum absolute atomic E-state index is 8.83. The first-order valence-corrected chi connectivity index (χ1v) is 4.66. The van der Waals surface area contributed by atoms with Crippen molar-refractivity contribution in [2.45, 2.75) is 0 Å². The smallest absolute Gasteiger partial charge is 0.312 e. The van der Waals surface area contributed by atoms with Gasteiger partial charge < -0.3 is 4.84 Å². The van der Waals surface area contributed by atoms with E-state index >= 15 is 0 Å². The van der Waals surface area contributed by atoms with E-state index in [-0.39, 0.29) is 23.0 Å². The van der Waals surface area contributed by atoms with Crippen molar-refractivity contribution in [2.75, 3.05) is 12.5 Å². The average molecular weight is 214 g/mol. The van der Waals surface area contributed by atoms with E-state index < -0.39 is 0 Å². The van der Waals surface area contributed by atoms with Crippen LogP contribution in [0.15, 0.2) is 0 Å². The van der Waals surface area contributed by atoms with Crippen LogP contribution in [-0.2, 0) is 26.1 Å². The van der Waals surface area contributed by atoms with E-state index in [9.17, 15) is 0 Å². The molecule has 0 amide bonds. The zero-order valence-corrected chi connectivity index (χ0v) is 7.72. The van der Waals surface area contributed by atoms with Gasteiger partial charge in [-0.15, -0.1) is 0 Å². The summed E-state index contributed by atoms with van der Waals surface area (Å²) in [5.74, 6) is 4.16. The molecular weight excluding hydrogens is 205 g/mol. The van der Waals surface area contributed by atoms with Crippen molar-refractivity contribution >= 4 is 28.1 Å². The number of hydrogen-bond donors (Lipinski definition) is 1. The Morgan fingerprint density at radius 2 is 1.67 bits per heavy atom. The van der Waals surface area contributed by atoms with Gasteiger partial charge in [-0.05, 0) is 12.5 Å². The molecule has 0 rings (SSSR count). The first-order valence-electron chi connectivity index (χ1n) is 1.69. The molecule has 0 bridgehead atoms. The summed E-state index contributed by atoms with van der Waals surface area (Å²) in [5.41, 5.74) is 0. The molecule has 0 spiro atoms. The van der Waals surface area contributed by atoms with Crippen LogP contribution in [0.25, 0.3) is 0 Å². The van der Waals surface area contributed by atoms with E-state index in [0.29, 0.717) is 0 Å². The fraction of sp³-hybridized carbons (Fsp3) is 0.667. The van der Waals surface area contributed by atoms with Crippen molar-refractivity contribution in [3.05, 3.63) is 0 Å². The minimum atomic E-state index is 0. The molecule has 2 N–H and O–H groups in total. The van der Waals surface area contributed by atoms with Crippen molar-refractivity contribution in [1.29, 1.82) is 0 Å². The average Bonchev–Trinajstić information content (AvgIpc) is 1.88. The molecule has 0 aliphatic heterocycles. The van der Waals surface area contributed by atoms with Crippen LogP contribution in [0.1, 0.15) is 0 Å². The Morgan fingerprint density at radius 3 is 1.67 bits per heavy atom. The van der Waals surface area contributed by atoms with Crippen molar-refractivity contribution in [1.82, 2.24) is 0 Å². The van der Waals surface area contributed by atoms with Crippen LogP contribution in [-0.4, -0.2) is 19.0 Å². The number of rotatable bonds is 2. The molecular formula is C3H9NNiO2S2. The predicted molar refractivity (Wildman–Crippen MR) is 38.4 cm³/mol. The van der Waals surface area contributed by atoms with Crippen LogP contribution in [0.4, 0.5) is 0 Å². The van der Waals surface area contributed by atoms with Gasteiger partial charge in [0.1, 0.15) is 0 Å². The second-order valence-corrected chi connectivity index (χ2v) is 3.23. The molecule has 0 saturated carbocycles. The van der Waals surface area contributed by atoms with Crippen LogP contribution in [0.2, 0.25) is 0 Å². The molecule has 9 heavy (non-hydrogen) atoms. The van der Waals surface area contributed by atoms with E-state index in [4.69, 9.17) is 4.79 Å². The number of hydrogen-bond acceptors (Lipinski definition) is 5. The van der Waals surface area contributed by atoms with Gasteiger partial charge >= 0.3 is 6.47 Å². The summed E-state index contributed by atoms with van der Waals surface area (Å²) in [4.78, 5) is 12.2. The van der Waals surface area contributed by atoms with E-state index in [1.807, 2.05) is 0 Å². The van der Waals surface area contributed by atoms with Gasteiger partial charge in [-0.25, -0.2) is 0 Å². The maximum Gasteiger partial charge on any atom is 0.312 e. The second-order valence-electron chi connectivity index (χ2n) is 0.566. The van der Waals surface area contributed by atoms with Gasteiger partial charge in [0, 0.05) is 16.5 Å². The van der Waals surface area contributed by atoms with Crippen LogP contribution in [0.3, 0.4) is 0 Å². The molecule has 0 aliphatic rings. The molecule has 6 heteroatoms. The van der Waals surface area contributed by atoms with Gasteiger partial charge in [-0.3, -0.25) is 4.79 Å². The van der Waals surface area contributed by atoms with Crippen molar-refractivity contribution in [2.24, 2.45) is 5.90 Å². The Labute approximate surface area is 72.7 Å². The zero-order valence-electron chi connectivity index (χ0n) is 5.10. The monoisotopic (exact) mass is 213 g/mol. The summed E-state index contributed by atoms with van der Waals surface area (Å²) in [6.45, 7) is 0.153. The SMILES string of the molecule is CSSC.NOC=O.[Ni]. The number of carbonyl (C=O) groups excluding carboxylic acids is 1. The molecule has 0 aromatic heterocycles. The Kier molecular flexibility index (Phi) is 42.5. The van der Waals surface area contributed by atoms with E-state index in [2.05, 4.69) is 23.2 Å². The van der Waals surface area contributed by atoms with Crippen LogP contribution in [0, 0.1) is 0 Å². The standard InChI is InChI=1S/C2H6S2.CH3NO2.Ni/c1-3-4-2;2-4-1-3;/h1-2H3;1H,2H2;. The van der Waals surface area contributed by atoms with E-state index in [1.54, 1.807) is 21.6 Å². The van der Waals surface area contributed by atoms with Crippen molar-refractivity contribution < 1.29 is 26.1 Å². The Morgan fingerprint density at radius 1 is 1.44 bits per heavy atom. The Bertz CT molecular complexity index is 46.8. The third-order valence-electron chi connectivity index (χ3n) is 0.222.